The monoisotopic (exact) mass is 252 g/mol. The Hall–Kier alpha value is -1.40. The number of carbonyl (C=O) groups is 1. The zero-order valence-corrected chi connectivity index (χ0v) is 11.1. The van der Waals surface area contributed by atoms with Gasteiger partial charge >= 0.3 is 0 Å². The summed E-state index contributed by atoms with van der Waals surface area (Å²) in [4.78, 5) is 12.0. The van der Waals surface area contributed by atoms with Gasteiger partial charge in [0.25, 0.3) is 5.91 Å². The first-order valence-corrected chi connectivity index (χ1v) is 6.01. The molecule has 1 unspecified atom stereocenters. The molecule has 1 atom stereocenters. The van der Waals surface area contributed by atoms with Crippen molar-refractivity contribution < 1.29 is 4.79 Å². The van der Waals surface area contributed by atoms with Crippen LogP contribution in [0.3, 0.4) is 0 Å². The van der Waals surface area contributed by atoms with Crippen LogP contribution in [0.2, 0.25) is 5.02 Å². The summed E-state index contributed by atoms with van der Waals surface area (Å²) in [7, 11) is 0. The summed E-state index contributed by atoms with van der Waals surface area (Å²) < 4.78 is 1.83. The Morgan fingerprint density at radius 2 is 2.29 bits per heavy atom. The molecule has 0 aliphatic carbocycles. The van der Waals surface area contributed by atoms with Crippen LogP contribution < -0.4 is 5.32 Å². The van der Waals surface area contributed by atoms with E-state index in [4.69, 9.17) is 18.0 Å². The maximum Gasteiger partial charge on any atom is 0.268 e. The second-order valence-corrected chi connectivity index (χ2v) is 4.58. The molecule has 0 radical (unpaired) electrons. The minimum atomic E-state index is -0.239. The van der Waals surface area contributed by atoms with E-state index in [1.165, 1.54) is 0 Å². The van der Waals surface area contributed by atoms with E-state index in [0.29, 0.717) is 17.1 Å². The predicted octanol–water partition coefficient (Wildman–Crippen LogP) is 2.86. The van der Waals surface area contributed by atoms with Crippen LogP contribution in [-0.4, -0.2) is 16.5 Å². The third-order valence-corrected chi connectivity index (χ3v) is 2.73. The van der Waals surface area contributed by atoms with E-state index in [0.717, 1.165) is 0 Å². The van der Waals surface area contributed by atoms with E-state index >= 15 is 0 Å². The van der Waals surface area contributed by atoms with E-state index in [-0.39, 0.29) is 18.0 Å². The summed E-state index contributed by atoms with van der Waals surface area (Å²) in [6.45, 7) is 5.91. The molecule has 3 nitrogen and oxygen atoms in total. The van der Waals surface area contributed by atoms with E-state index in [1.807, 2.05) is 25.3 Å². The first kappa shape index (κ1) is 13.7. The SMILES string of the molecule is C#CC(CC)NC(=O)c1cc(Cl)cn1C(C)C. The highest BCUT2D eigenvalue weighted by Gasteiger charge is 2.16. The number of aromatic nitrogens is 1. The number of halogens is 1. The molecular weight excluding hydrogens is 236 g/mol. The van der Waals surface area contributed by atoms with E-state index in [1.54, 1.807) is 12.3 Å². The number of amides is 1. The van der Waals surface area contributed by atoms with Crippen LogP contribution in [0.15, 0.2) is 12.3 Å². The lowest BCUT2D eigenvalue weighted by molar-refractivity contribution is 0.0934. The molecule has 1 aromatic rings. The highest BCUT2D eigenvalue weighted by molar-refractivity contribution is 6.31. The standard InChI is InChI=1S/C13H17ClN2O/c1-5-11(6-2)15-13(17)12-7-10(14)8-16(12)9(3)4/h1,7-9,11H,6H2,2-4H3,(H,15,17). The summed E-state index contributed by atoms with van der Waals surface area (Å²) in [6, 6.07) is 1.59. The molecule has 1 N–H and O–H groups in total. The van der Waals surface area contributed by atoms with Crippen molar-refractivity contribution in [1.29, 1.82) is 0 Å². The highest BCUT2D eigenvalue weighted by atomic mass is 35.5. The molecular formula is C13H17ClN2O. The van der Waals surface area contributed by atoms with Crippen LogP contribution in [0.1, 0.15) is 43.7 Å². The van der Waals surface area contributed by atoms with Gasteiger partial charge in [-0.15, -0.1) is 6.42 Å². The second kappa shape index (κ2) is 5.79. The topological polar surface area (TPSA) is 34.0 Å². The van der Waals surface area contributed by atoms with Gasteiger partial charge in [-0.2, -0.15) is 0 Å². The Balaban J connectivity index is 2.93. The van der Waals surface area contributed by atoms with Crippen LogP contribution >= 0.6 is 11.6 Å². The van der Waals surface area contributed by atoms with Crippen molar-refractivity contribution in [3.8, 4) is 12.3 Å². The molecule has 1 amide bonds. The van der Waals surface area contributed by atoms with Crippen LogP contribution in [0.4, 0.5) is 0 Å². The van der Waals surface area contributed by atoms with Crippen LogP contribution in [-0.2, 0) is 0 Å². The van der Waals surface area contributed by atoms with Crippen molar-refractivity contribution in [3.05, 3.63) is 23.0 Å². The van der Waals surface area contributed by atoms with E-state index < -0.39 is 0 Å². The normalized spacial score (nSPS) is 12.2. The van der Waals surface area contributed by atoms with Crippen molar-refractivity contribution in [3.63, 3.8) is 0 Å². The van der Waals surface area contributed by atoms with Crippen LogP contribution in [0.5, 0.6) is 0 Å². The molecule has 92 valence electrons. The largest absolute Gasteiger partial charge is 0.339 e. The van der Waals surface area contributed by atoms with Gasteiger partial charge in [0.1, 0.15) is 5.69 Å². The maximum atomic E-state index is 12.0. The number of nitrogens with one attached hydrogen (secondary N) is 1. The lowest BCUT2D eigenvalue weighted by atomic mass is 10.2. The first-order valence-electron chi connectivity index (χ1n) is 5.64. The summed E-state index contributed by atoms with van der Waals surface area (Å²) in [5.74, 6) is 2.35. The molecule has 0 bridgehead atoms. The summed E-state index contributed by atoms with van der Waals surface area (Å²) >= 11 is 5.92. The maximum absolute atomic E-state index is 12.0. The van der Waals surface area contributed by atoms with Crippen molar-refractivity contribution >= 4 is 17.5 Å². The van der Waals surface area contributed by atoms with E-state index in [9.17, 15) is 4.79 Å². The Labute approximate surface area is 107 Å². The summed E-state index contributed by atoms with van der Waals surface area (Å²) in [5, 5.41) is 3.34. The molecule has 0 spiro atoms. The van der Waals surface area contributed by atoms with Gasteiger partial charge in [0, 0.05) is 12.2 Å². The van der Waals surface area contributed by atoms with Crippen molar-refractivity contribution in [2.75, 3.05) is 0 Å². The van der Waals surface area contributed by atoms with Gasteiger partial charge in [-0.1, -0.05) is 24.4 Å². The average molecular weight is 253 g/mol. The predicted molar refractivity (Wildman–Crippen MR) is 70.2 cm³/mol. The quantitative estimate of drug-likeness (QED) is 0.822. The number of rotatable bonds is 4. The Bertz CT molecular complexity index is 443. The fourth-order valence-corrected chi connectivity index (χ4v) is 1.76. The van der Waals surface area contributed by atoms with E-state index in [2.05, 4.69) is 11.2 Å². The number of hydrogen-bond donors (Lipinski definition) is 1. The molecule has 0 aromatic carbocycles. The van der Waals surface area contributed by atoms with Gasteiger partial charge in [-0.05, 0) is 26.3 Å². The van der Waals surface area contributed by atoms with Crippen molar-refractivity contribution in [2.24, 2.45) is 0 Å². The minimum absolute atomic E-state index is 0.175. The zero-order chi connectivity index (χ0) is 13.0. The molecule has 17 heavy (non-hydrogen) atoms. The number of hydrogen-bond acceptors (Lipinski definition) is 1. The molecule has 0 fully saturated rings. The van der Waals surface area contributed by atoms with Gasteiger partial charge in [-0.25, -0.2) is 0 Å². The summed E-state index contributed by atoms with van der Waals surface area (Å²) in [6.07, 6.45) is 7.77. The van der Waals surface area contributed by atoms with Crippen molar-refractivity contribution in [1.82, 2.24) is 9.88 Å². The van der Waals surface area contributed by atoms with Gasteiger partial charge < -0.3 is 9.88 Å². The highest BCUT2D eigenvalue weighted by Crippen LogP contribution is 2.18. The molecule has 1 heterocycles. The fourth-order valence-electron chi connectivity index (χ4n) is 1.55. The molecule has 1 aromatic heterocycles. The molecule has 0 saturated carbocycles. The third-order valence-electron chi connectivity index (χ3n) is 2.52. The van der Waals surface area contributed by atoms with Gasteiger partial charge in [0.15, 0.2) is 0 Å². The summed E-state index contributed by atoms with van der Waals surface area (Å²) in [5.41, 5.74) is 0.540. The molecule has 4 heteroatoms. The molecule has 1 rings (SSSR count). The van der Waals surface area contributed by atoms with Crippen LogP contribution in [0.25, 0.3) is 0 Å². The third kappa shape index (κ3) is 3.28. The molecule has 0 aliphatic rings. The number of carbonyl (C=O) groups excluding carboxylic acids is 1. The van der Waals surface area contributed by atoms with Gasteiger partial charge in [-0.3, -0.25) is 4.79 Å². The van der Waals surface area contributed by atoms with Gasteiger partial charge in [0.05, 0.1) is 11.1 Å². The van der Waals surface area contributed by atoms with Crippen LogP contribution in [0, 0.1) is 12.3 Å². The van der Waals surface area contributed by atoms with Gasteiger partial charge in [0.2, 0.25) is 0 Å². The average Bonchev–Trinajstić information content (AvgIpc) is 2.68. The molecule has 0 saturated heterocycles. The Morgan fingerprint density at radius 3 is 2.76 bits per heavy atom. The lowest BCUT2D eigenvalue weighted by Crippen LogP contribution is -2.34. The zero-order valence-electron chi connectivity index (χ0n) is 10.3. The Kier molecular flexibility index (Phi) is 4.65. The van der Waals surface area contributed by atoms with Crippen molar-refractivity contribution in [2.45, 2.75) is 39.3 Å². The smallest absolute Gasteiger partial charge is 0.268 e. The minimum Gasteiger partial charge on any atom is -0.339 e. The Morgan fingerprint density at radius 1 is 1.65 bits per heavy atom. The number of nitrogens with zero attached hydrogens (tertiary/aromatic N) is 1. The number of terminal acetylenes is 1. The first-order chi connectivity index (χ1) is 7.99. The molecule has 0 aliphatic heterocycles. The lowest BCUT2D eigenvalue weighted by Gasteiger charge is -2.15. The fraction of sp³-hybridized carbons (Fsp3) is 0.462. The second-order valence-electron chi connectivity index (χ2n) is 4.15.